The fourth-order valence-corrected chi connectivity index (χ4v) is 4.77. The molecule has 9 heteroatoms. The van der Waals surface area contributed by atoms with Crippen LogP contribution in [0.15, 0.2) is 36.4 Å². The highest BCUT2D eigenvalue weighted by atomic mass is 35.5. The van der Waals surface area contributed by atoms with Gasteiger partial charge in [0.25, 0.3) is 0 Å². The third kappa shape index (κ3) is 3.54. The average molecular weight is 454 g/mol. The van der Waals surface area contributed by atoms with Gasteiger partial charge in [0.1, 0.15) is 0 Å². The highest BCUT2D eigenvalue weighted by molar-refractivity contribution is 6.34. The Morgan fingerprint density at radius 3 is 2.44 bits per heavy atom. The number of carbonyl (C=O) groups is 1. The number of benzene rings is 2. The zero-order valence-electron chi connectivity index (χ0n) is 18.0. The minimum absolute atomic E-state index is 0.0317. The second-order valence-corrected chi connectivity index (χ2v) is 8.36. The van der Waals surface area contributed by atoms with Gasteiger partial charge in [-0.05, 0) is 36.6 Å². The maximum Gasteiger partial charge on any atom is 0.322 e. The molecule has 2 amide bonds. The van der Waals surface area contributed by atoms with E-state index in [-0.39, 0.29) is 12.1 Å². The van der Waals surface area contributed by atoms with Crippen molar-refractivity contribution in [1.82, 2.24) is 15.1 Å². The number of ether oxygens (including phenoxy) is 2. The fraction of sp³-hybridized carbons (Fsp3) is 0.348. The molecule has 3 heterocycles. The summed E-state index contributed by atoms with van der Waals surface area (Å²) in [5, 5.41) is 13.5. The standard InChI is InChI=1S/C23H24ClN5O3/c1-31-19-11-16-17(12-20(19)32-2)22(27-26-21(16)24)28-9-7-15(8-10-28)29-13-14-5-3-4-6-18(14)25-23(29)30/h3-6,11-12,15H,7-10,13H2,1-2H3,(H,25,30). The Bertz CT molecular complexity index is 1180. The molecule has 0 unspecified atom stereocenters. The van der Waals surface area contributed by atoms with Crippen molar-refractivity contribution in [1.29, 1.82) is 0 Å². The summed E-state index contributed by atoms with van der Waals surface area (Å²) in [6.07, 6.45) is 1.68. The van der Waals surface area contributed by atoms with E-state index in [9.17, 15) is 4.79 Å². The molecule has 166 valence electrons. The molecule has 0 bridgehead atoms. The Balaban J connectivity index is 1.38. The normalized spacial score (nSPS) is 16.7. The van der Waals surface area contributed by atoms with Crippen molar-refractivity contribution in [3.05, 3.63) is 47.1 Å². The molecule has 0 radical (unpaired) electrons. The minimum Gasteiger partial charge on any atom is -0.493 e. The lowest BCUT2D eigenvalue weighted by Crippen LogP contribution is -2.50. The molecule has 2 aliphatic heterocycles. The number of rotatable bonds is 4. The van der Waals surface area contributed by atoms with E-state index in [2.05, 4.69) is 26.5 Å². The molecule has 1 aromatic heterocycles. The van der Waals surface area contributed by atoms with Crippen molar-refractivity contribution in [2.75, 3.05) is 37.5 Å². The molecule has 32 heavy (non-hydrogen) atoms. The van der Waals surface area contributed by atoms with Crippen LogP contribution in [0.3, 0.4) is 0 Å². The molecule has 2 aromatic carbocycles. The van der Waals surface area contributed by atoms with E-state index >= 15 is 0 Å². The number of amides is 2. The van der Waals surface area contributed by atoms with Crippen molar-refractivity contribution in [2.45, 2.75) is 25.4 Å². The number of methoxy groups -OCH3 is 2. The topological polar surface area (TPSA) is 79.8 Å². The molecule has 3 aromatic rings. The summed E-state index contributed by atoms with van der Waals surface area (Å²) in [4.78, 5) is 16.8. The second kappa shape index (κ2) is 8.35. The molecular formula is C23H24ClN5O3. The molecule has 8 nitrogen and oxygen atoms in total. The van der Waals surface area contributed by atoms with Gasteiger partial charge >= 0.3 is 6.03 Å². The Morgan fingerprint density at radius 2 is 1.72 bits per heavy atom. The van der Waals surface area contributed by atoms with E-state index in [4.69, 9.17) is 21.1 Å². The largest absolute Gasteiger partial charge is 0.493 e. The second-order valence-electron chi connectivity index (χ2n) is 8.00. The quantitative estimate of drug-likeness (QED) is 0.633. The Hall–Kier alpha value is -3.26. The summed E-state index contributed by atoms with van der Waals surface area (Å²) in [6, 6.07) is 11.8. The van der Waals surface area contributed by atoms with Crippen LogP contribution in [0.2, 0.25) is 5.15 Å². The molecule has 1 N–H and O–H groups in total. The lowest BCUT2D eigenvalue weighted by atomic mass is 10.0. The number of halogens is 1. The molecule has 0 spiro atoms. The van der Waals surface area contributed by atoms with E-state index in [1.807, 2.05) is 35.2 Å². The number of aromatic nitrogens is 2. The SMILES string of the molecule is COc1cc2c(Cl)nnc(N3CCC(N4Cc5ccccc5NC4=O)CC3)c2cc1OC. The van der Waals surface area contributed by atoms with E-state index in [1.165, 1.54) is 0 Å². The van der Waals surface area contributed by atoms with Crippen molar-refractivity contribution >= 4 is 39.9 Å². The van der Waals surface area contributed by atoms with Crippen LogP contribution >= 0.6 is 11.6 Å². The molecule has 1 saturated heterocycles. The van der Waals surface area contributed by atoms with Gasteiger partial charge in [0.2, 0.25) is 0 Å². The zero-order valence-corrected chi connectivity index (χ0v) is 18.7. The number of hydrogen-bond donors (Lipinski definition) is 1. The number of piperidine rings is 1. The van der Waals surface area contributed by atoms with Gasteiger partial charge in [-0.3, -0.25) is 0 Å². The van der Waals surface area contributed by atoms with E-state index < -0.39 is 0 Å². The van der Waals surface area contributed by atoms with Crippen molar-refractivity contribution in [2.24, 2.45) is 0 Å². The Morgan fingerprint density at radius 1 is 1.03 bits per heavy atom. The molecular weight excluding hydrogens is 430 g/mol. The summed E-state index contributed by atoms with van der Waals surface area (Å²) in [7, 11) is 3.19. The first-order chi connectivity index (χ1) is 15.6. The van der Waals surface area contributed by atoms with Crippen LogP contribution in [-0.4, -0.2) is 54.5 Å². The zero-order chi connectivity index (χ0) is 22.2. The van der Waals surface area contributed by atoms with Gasteiger partial charge < -0.3 is 24.6 Å². The third-order valence-corrected chi connectivity index (χ3v) is 6.56. The highest BCUT2D eigenvalue weighted by Gasteiger charge is 2.32. The summed E-state index contributed by atoms with van der Waals surface area (Å²) in [5.41, 5.74) is 2.05. The number of nitrogens with zero attached hydrogens (tertiary/aromatic N) is 4. The lowest BCUT2D eigenvalue weighted by Gasteiger charge is -2.41. The summed E-state index contributed by atoms with van der Waals surface area (Å²) in [5.74, 6) is 1.97. The van der Waals surface area contributed by atoms with Crippen LogP contribution in [-0.2, 0) is 6.54 Å². The van der Waals surface area contributed by atoms with Gasteiger partial charge in [-0.25, -0.2) is 4.79 Å². The van der Waals surface area contributed by atoms with Crippen LogP contribution in [0.25, 0.3) is 10.8 Å². The number of fused-ring (bicyclic) bond motifs is 2. The first-order valence-corrected chi connectivity index (χ1v) is 10.9. The number of anilines is 2. The van der Waals surface area contributed by atoms with Crippen LogP contribution in [0.4, 0.5) is 16.3 Å². The van der Waals surface area contributed by atoms with E-state index in [0.29, 0.717) is 23.2 Å². The Labute approximate surface area is 191 Å². The van der Waals surface area contributed by atoms with Gasteiger partial charge in [-0.15, -0.1) is 10.2 Å². The smallest absolute Gasteiger partial charge is 0.322 e. The van der Waals surface area contributed by atoms with Crippen LogP contribution in [0.5, 0.6) is 11.5 Å². The summed E-state index contributed by atoms with van der Waals surface area (Å²) >= 11 is 6.33. The van der Waals surface area contributed by atoms with Crippen LogP contribution in [0.1, 0.15) is 18.4 Å². The molecule has 0 atom stereocenters. The number of nitrogens with one attached hydrogen (secondary N) is 1. The average Bonchev–Trinajstić information content (AvgIpc) is 2.83. The van der Waals surface area contributed by atoms with Gasteiger partial charge in [0.15, 0.2) is 22.5 Å². The first kappa shape index (κ1) is 20.6. The predicted molar refractivity (Wildman–Crippen MR) is 124 cm³/mol. The maximum absolute atomic E-state index is 12.7. The number of urea groups is 1. The van der Waals surface area contributed by atoms with E-state index in [0.717, 1.165) is 53.8 Å². The van der Waals surface area contributed by atoms with Crippen LogP contribution < -0.4 is 19.7 Å². The fourth-order valence-electron chi connectivity index (χ4n) is 4.57. The van der Waals surface area contributed by atoms with Crippen molar-refractivity contribution in [3.63, 3.8) is 0 Å². The molecule has 0 aliphatic carbocycles. The maximum atomic E-state index is 12.7. The van der Waals surface area contributed by atoms with E-state index in [1.54, 1.807) is 14.2 Å². The lowest BCUT2D eigenvalue weighted by molar-refractivity contribution is 0.167. The summed E-state index contributed by atoms with van der Waals surface area (Å²) in [6.45, 7) is 2.15. The number of hydrogen-bond acceptors (Lipinski definition) is 6. The van der Waals surface area contributed by atoms with Gasteiger partial charge in [0, 0.05) is 42.1 Å². The van der Waals surface area contributed by atoms with Crippen molar-refractivity contribution < 1.29 is 14.3 Å². The van der Waals surface area contributed by atoms with Crippen molar-refractivity contribution in [3.8, 4) is 11.5 Å². The number of carbonyl (C=O) groups excluding carboxylic acids is 1. The predicted octanol–water partition coefficient (Wildman–Crippen LogP) is 4.32. The Kier molecular flexibility index (Phi) is 5.38. The summed E-state index contributed by atoms with van der Waals surface area (Å²) < 4.78 is 10.9. The van der Waals surface area contributed by atoms with Gasteiger partial charge in [0.05, 0.1) is 14.2 Å². The third-order valence-electron chi connectivity index (χ3n) is 6.28. The first-order valence-electron chi connectivity index (χ1n) is 10.6. The monoisotopic (exact) mass is 453 g/mol. The van der Waals surface area contributed by atoms with Gasteiger partial charge in [-0.2, -0.15) is 0 Å². The van der Waals surface area contributed by atoms with Crippen LogP contribution in [0, 0.1) is 0 Å². The molecule has 1 fully saturated rings. The molecule has 2 aliphatic rings. The number of para-hydroxylation sites is 1. The minimum atomic E-state index is -0.0317. The molecule has 0 saturated carbocycles. The van der Waals surface area contributed by atoms with Gasteiger partial charge in [-0.1, -0.05) is 29.8 Å². The molecule has 5 rings (SSSR count). The highest BCUT2D eigenvalue weighted by Crippen LogP contribution is 2.38.